The average molecular weight is 158 g/mol. The summed E-state index contributed by atoms with van der Waals surface area (Å²) in [5, 5.41) is 0. The van der Waals surface area contributed by atoms with E-state index in [0.29, 0.717) is 5.78 Å². The van der Waals surface area contributed by atoms with Crippen molar-refractivity contribution in [3.05, 3.63) is 0 Å². The molecule has 0 aliphatic carbocycles. The van der Waals surface area contributed by atoms with Crippen molar-refractivity contribution in [1.29, 1.82) is 0 Å². The molecule has 0 aromatic carbocycles. The van der Waals surface area contributed by atoms with Crippen molar-refractivity contribution in [2.75, 3.05) is 0 Å². The van der Waals surface area contributed by atoms with Gasteiger partial charge in [0.2, 0.25) is 0 Å². The summed E-state index contributed by atoms with van der Waals surface area (Å²) >= 11 is 0. The maximum Gasteiger partial charge on any atom is 0.129 e. The van der Waals surface area contributed by atoms with E-state index in [1.807, 2.05) is 6.79 Å². The molecule has 0 amide bonds. The van der Waals surface area contributed by atoms with Gasteiger partial charge in [-0.3, -0.25) is 0 Å². The van der Waals surface area contributed by atoms with Crippen LogP contribution in [0.2, 0.25) is 0 Å². The highest BCUT2D eigenvalue weighted by Gasteiger charge is 1.91. The number of hydrogen-bond donors (Lipinski definition) is 0. The monoisotopic (exact) mass is 158 g/mol. The zero-order valence-electron chi connectivity index (χ0n) is 7.56. The lowest BCUT2D eigenvalue weighted by Gasteiger charge is -1.93. The molecular formula is C9H18O2. The van der Waals surface area contributed by atoms with E-state index in [4.69, 9.17) is 4.79 Å². The molecule has 0 spiro atoms. The van der Waals surface area contributed by atoms with Crippen LogP contribution in [0, 0.1) is 0 Å². The third-order valence-electron chi connectivity index (χ3n) is 1.38. The molecule has 0 fully saturated rings. The molecule has 0 atom stereocenters. The number of hydrogen-bond acceptors (Lipinski definition) is 2. The standard InChI is InChI=1S/C8H16O.CH2O/c1-3-4-5-6-7-8(2)9;1-2/h3-7H2,1-2H3;1H2. The van der Waals surface area contributed by atoms with Crippen LogP contribution in [-0.2, 0) is 9.59 Å². The number of ketones is 1. The van der Waals surface area contributed by atoms with Gasteiger partial charge in [-0.05, 0) is 13.3 Å². The van der Waals surface area contributed by atoms with Crippen molar-refractivity contribution in [2.45, 2.75) is 46.0 Å². The predicted molar refractivity (Wildman–Crippen MR) is 46.6 cm³/mol. The summed E-state index contributed by atoms with van der Waals surface area (Å²) in [6, 6.07) is 0. The molecule has 2 nitrogen and oxygen atoms in total. The number of Topliss-reactive ketones (excluding diaryl/α,β-unsaturated/α-hetero) is 1. The van der Waals surface area contributed by atoms with Gasteiger partial charge in [0.05, 0.1) is 0 Å². The van der Waals surface area contributed by atoms with Crippen molar-refractivity contribution in [3.8, 4) is 0 Å². The number of carbonyl (C=O) groups is 2. The van der Waals surface area contributed by atoms with Crippen LogP contribution >= 0.6 is 0 Å². The average Bonchev–Trinajstić information content (AvgIpc) is 2.02. The molecule has 0 aromatic rings. The summed E-state index contributed by atoms with van der Waals surface area (Å²) in [4.78, 5) is 18.4. The molecule has 0 aliphatic heterocycles. The number of rotatable bonds is 5. The zero-order chi connectivity index (χ0) is 9.11. The third-order valence-corrected chi connectivity index (χ3v) is 1.38. The van der Waals surface area contributed by atoms with E-state index in [2.05, 4.69) is 6.92 Å². The molecule has 0 heterocycles. The highest BCUT2D eigenvalue weighted by Crippen LogP contribution is 2.01. The topological polar surface area (TPSA) is 34.1 Å². The normalized spacial score (nSPS) is 8.18. The van der Waals surface area contributed by atoms with E-state index < -0.39 is 0 Å². The molecule has 0 rings (SSSR count). The van der Waals surface area contributed by atoms with E-state index in [0.717, 1.165) is 12.8 Å². The predicted octanol–water partition coefficient (Wildman–Crippen LogP) is 2.36. The maximum absolute atomic E-state index is 10.4. The first-order valence-electron chi connectivity index (χ1n) is 4.05. The fourth-order valence-electron chi connectivity index (χ4n) is 0.801. The first-order valence-corrected chi connectivity index (χ1v) is 4.05. The Hall–Kier alpha value is -0.660. The van der Waals surface area contributed by atoms with Gasteiger partial charge in [-0.1, -0.05) is 26.2 Å². The van der Waals surface area contributed by atoms with Crippen LogP contribution in [0.4, 0.5) is 0 Å². The van der Waals surface area contributed by atoms with E-state index in [-0.39, 0.29) is 0 Å². The van der Waals surface area contributed by atoms with Crippen molar-refractivity contribution < 1.29 is 9.59 Å². The first kappa shape index (κ1) is 13.0. The summed E-state index contributed by atoms with van der Waals surface area (Å²) in [5.41, 5.74) is 0. The van der Waals surface area contributed by atoms with Gasteiger partial charge in [0.1, 0.15) is 12.6 Å². The van der Waals surface area contributed by atoms with E-state index >= 15 is 0 Å². The van der Waals surface area contributed by atoms with Gasteiger partial charge in [-0.25, -0.2) is 0 Å². The molecule has 0 aromatic heterocycles. The second-order valence-corrected chi connectivity index (χ2v) is 2.51. The quantitative estimate of drug-likeness (QED) is 0.575. The summed E-state index contributed by atoms with van der Waals surface area (Å²) in [6.45, 7) is 5.83. The van der Waals surface area contributed by atoms with Crippen LogP contribution in [0.1, 0.15) is 46.0 Å². The minimum absolute atomic E-state index is 0.325. The van der Waals surface area contributed by atoms with E-state index in [9.17, 15) is 4.79 Å². The minimum atomic E-state index is 0.325. The summed E-state index contributed by atoms with van der Waals surface area (Å²) in [7, 11) is 0. The molecule has 0 saturated heterocycles. The number of unbranched alkanes of at least 4 members (excludes halogenated alkanes) is 3. The molecule has 0 saturated carbocycles. The van der Waals surface area contributed by atoms with Gasteiger partial charge in [0.15, 0.2) is 0 Å². The van der Waals surface area contributed by atoms with Crippen molar-refractivity contribution in [1.82, 2.24) is 0 Å². The maximum atomic E-state index is 10.4. The first-order chi connectivity index (χ1) is 5.27. The van der Waals surface area contributed by atoms with Gasteiger partial charge < -0.3 is 9.59 Å². The molecule has 11 heavy (non-hydrogen) atoms. The minimum Gasteiger partial charge on any atom is -0.307 e. The van der Waals surface area contributed by atoms with E-state index in [1.54, 1.807) is 6.92 Å². The van der Waals surface area contributed by atoms with Crippen LogP contribution in [0.5, 0.6) is 0 Å². The van der Waals surface area contributed by atoms with Gasteiger partial charge in [0, 0.05) is 6.42 Å². The lowest BCUT2D eigenvalue weighted by molar-refractivity contribution is -0.117. The lowest BCUT2D eigenvalue weighted by atomic mass is 10.1. The fraction of sp³-hybridized carbons (Fsp3) is 0.778. The van der Waals surface area contributed by atoms with Crippen LogP contribution < -0.4 is 0 Å². The molecule has 0 radical (unpaired) electrons. The van der Waals surface area contributed by atoms with Crippen molar-refractivity contribution >= 4 is 12.6 Å². The smallest absolute Gasteiger partial charge is 0.129 e. The molecule has 0 bridgehead atoms. The van der Waals surface area contributed by atoms with Crippen LogP contribution in [0.25, 0.3) is 0 Å². The zero-order valence-corrected chi connectivity index (χ0v) is 7.56. The Morgan fingerprint density at radius 3 is 2.09 bits per heavy atom. The van der Waals surface area contributed by atoms with Gasteiger partial charge in [-0.2, -0.15) is 0 Å². The molecule has 0 aliphatic rings. The van der Waals surface area contributed by atoms with Gasteiger partial charge in [0.25, 0.3) is 0 Å². The fourth-order valence-corrected chi connectivity index (χ4v) is 0.801. The Labute approximate surface area is 69.0 Å². The molecule has 66 valence electrons. The van der Waals surface area contributed by atoms with Crippen molar-refractivity contribution in [3.63, 3.8) is 0 Å². The Balaban J connectivity index is 0. The Morgan fingerprint density at radius 1 is 1.18 bits per heavy atom. The highest BCUT2D eigenvalue weighted by molar-refractivity contribution is 5.75. The highest BCUT2D eigenvalue weighted by atomic mass is 16.1. The summed E-state index contributed by atoms with van der Waals surface area (Å²) < 4.78 is 0. The van der Waals surface area contributed by atoms with Crippen LogP contribution in [0.3, 0.4) is 0 Å². The lowest BCUT2D eigenvalue weighted by Crippen LogP contribution is -1.88. The summed E-state index contributed by atoms with van der Waals surface area (Å²) in [5.74, 6) is 0.325. The second kappa shape index (κ2) is 12.1. The Kier molecular flexibility index (Phi) is 14.2. The summed E-state index contributed by atoms with van der Waals surface area (Å²) in [6.07, 6.45) is 5.60. The van der Waals surface area contributed by atoms with Gasteiger partial charge in [-0.15, -0.1) is 0 Å². The van der Waals surface area contributed by atoms with E-state index in [1.165, 1.54) is 19.3 Å². The Morgan fingerprint density at radius 2 is 1.73 bits per heavy atom. The van der Waals surface area contributed by atoms with Crippen LogP contribution in [0.15, 0.2) is 0 Å². The molecule has 0 unspecified atom stereocenters. The SMILES string of the molecule is C=O.CCCCCCC(C)=O. The molecule has 0 N–H and O–H groups in total. The molecule has 2 heteroatoms. The third kappa shape index (κ3) is 17.6. The van der Waals surface area contributed by atoms with Crippen LogP contribution in [-0.4, -0.2) is 12.6 Å². The van der Waals surface area contributed by atoms with Gasteiger partial charge >= 0.3 is 0 Å². The molecular weight excluding hydrogens is 140 g/mol. The van der Waals surface area contributed by atoms with Crippen molar-refractivity contribution in [2.24, 2.45) is 0 Å². The number of carbonyl (C=O) groups excluding carboxylic acids is 2. The second-order valence-electron chi connectivity index (χ2n) is 2.51. The largest absolute Gasteiger partial charge is 0.307 e. The Bertz CT molecular complexity index is 89.6.